The Morgan fingerprint density at radius 2 is 2.00 bits per heavy atom. The maximum atomic E-state index is 12.9. The Morgan fingerprint density at radius 1 is 1.26 bits per heavy atom. The molecule has 8 heteroatoms. The Hall–Kier alpha value is -2.29. The summed E-state index contributed by atoms with van der Waals surface area (Å²) in [4.78, 5) is 12.3. The van der Waals surface area contributed by atoms with Crippen molar-refractivity contribution in [3.8, 4) is 0 Å². The van der Waals surface area contributed by atoms with Gasteiger partial charge in [-0.2, -0.15) is 4.31 Å². The van der Waals surface area contributed by atoms with Crippen LogP contribution in [0.25, 0.3) is 0 Å². The summed E-state index contributed by atoms with van der Waals surface area (Å²) >= 11 is 0. The van der Waals surface area contributed by atoms with Crippen LogP contribution < -0.4 is 5.32 Å². The minimum atomic E-state index is -3.66. The number of hydrogen-bond acceptors (Lipinski definition) is 4. The van der Waals surface area contributed by atoms with Crippen LogP contribution in [0.5, 0.6) is 0 Å². The molecule has 3 rings (SSSR count). The number of morpholine rings is 1. The van der Waals surface area contributed by atoms with E-state index in [1.165, 1.54) is 40.7 Å². The minimum absolute atomic E-state index is 0.0677. The molecule has 2 aromatic carbocycles. The van der Waals surface area contributed by atoms with Crippen molar-refractivity contribution in [1.82, 2.24) is 4.31 Å². The molecule has 0 spiro atoms. The summed E-state index contributed by atoms with van der Waals surface area (Å²) in [7, 11) is -3.66. The first-order valence-corrected chi connectivity index (χ1v) is 10.0. The lowest BCUT2D eigenvalue weighted by molar-refractivity contribution is -0.115. The van der Waals surface area contributed by atoms with Gasteiger partial charge in [-0.3, -0.25) is 4.79 Å². The highest BCUT2D eigenvalue weighted by Crippen LogP contribution is 2.22. The lowest BCUT2D eigenvalue weighted by Gasteiger charge is -2.30. The molecule has 1 unspecified atom stereocenters. The molecule has 0 aliphatic carbocycles. The molecule has 1 aliphatic rings. The number of hydrogen-bond donors (Lipinski definition) is 1. The molecule has 2 aromatic rings. The molecule has 1 aliphatic heterocycles. The van der Waals surface area contributed by atoms with Crippen LogP contribution in [0.15, 0.2) is 53.4 Å². The summed E-state index contributed by atoms with van der Waals surface area (Å²) in [5.74, 6) is -0.675. The molecule has 144 valence electrons. The maximum absolute atomic E-state index is 12.9. The fourth-order valence-corrected chi connectivity index (χ4v) is 4.43. The number of rotatable bonds is 5. The zero-order valence-electron chi connectivity index (χ0n) is 14.9. The first-order valence-electron chi connectivity index (χ1n) is 8.61. The van der Waals surface area contributed by atoms with Gasteiger partial charge >= 0.3 is 0 Å². The zero-order valence-corrected chi connectivity index (χ0v) is 15.7. The van der Waals surface area contributed by atoms with E-state index in [-0.39, 0.29) is 29.1 Å². The molecule has 0 radical (unpaired) electrons. The highest BCUT2D eigenvalue weighted by Gasteiger charge is 2.29. The van der Waals surface area contributed by atoms with Crippen LogP contribution in [0.1, 0.15) is 12.5 Å². The smallest absolute Gasteiger partial charge is 0.243 e. The van der Waals surface area contributed by atoms with Crippen molar-refractivity contribution in [3.05, 3.63) is 59.9 Å². The summed E-state index contributed by atoms with van der Waals surface area (Å²) < 4.78 is 45.3. The minimum Gasteiger partial charge on any atom is -0.376 e. The SMILES string of the molecule is CC1CN(S(=O)(=O)c2cccc(NC(=O)Cc3ccc(F)cc3)c2)CCO1. The number of ether oxygens (including phenoxy) is 1. The molecule has 1 atom stereocenters. The third-order valence-corrected chi connectivity index (χ3v) is 6.10. The van der Waals surface area contributed by atoms with E-state index < -0.39 is 10.0 Å². The van der Waals surface area contributed by atoms with E-state index in [9.17, 15) is 17.6 Å². The fourth-order valence-electron chi connectivity index (χ4n) is 2.88. The molecule has 0 saturated carbocycles. The number of carbonyl (C=O) groups excluding carboxylic acids is 1. The van der Waals surface area contributed by atoms with Crippen LogP contribution in [-0.4, -0.2) is 44.4 Å². The van der Waals surface area contributed by atoms with Crippen molar-refractivity contribution in [2.24, 2.45) is 0 Å². The van der Waals surface area contributed by atoms with Crippen LogP contribution in [0, 0.1) is 5.82 Å². The van der Waals surface area contributed by atoms with Crippen molar-refractivity contribution >= 4 is 21.6 Å². The van der Waals surface area contributed by atoms with E-state index in [0.717, 1.165) is 0 Å². The molecule has 0 aromatic heterocycles. The van der Waals surface area contributed by atoms with Gasteiger partial charge in [0.15, 0.2) is 0 Å². The molecule has 1 fully saturated rings. The monoisotopic (exact) mass is 392 g/mol. The Bertz CT molecular complexity index is 916. The van der Waals surface area contributed by atoms with Gasteiger partial charge in [-0.05, 0) is 42.8 Å². The molecular weight excluding hydrogens is 371 g/mol. The third-order valence-electron chi connectivity index (χ3n) is 4.24. The average molecular weight is 392 g/mol. The molecule has 27 heavy (non-hydrogen) atoms. The largest absolute Gasteiger partial charge is 0.376 e. The highest BCUT2D eigenvalue weighted by molar-refractivity contribution is 7.89. The van der Waals surface area contributed by atoms with E-state index >= 15 is 0 Å². The van der Waals surface area contributed by atoms with Gasteiger partial charge < -0.3 is 10.1 Å². The van der Waals surface area contributed by atoms with Crippen molar-refractivity contribution in [2.45, 2.75) is 24.3 Å². The fraction of sp³-hybridized carbons (Fsp3) is 0.316. The Kier molecular flexibility index (Phi) is 5.88. The van der Waals surface area contributed by atoms with Gasteiger partial charge in [-0.15, -0.1) is 0 Å². The maximum Gasteiger partial charge on any atom is 0.243 e. The molecule has 6 nitrogen and oxygen atoms in total. The van der Waals surface area contributed by atoms with E-state index in [2.05, 4.69) is 5.32 Å². The number of sulfonamides is 1. The van der Waals surface area contributed by atoms with Gasteiger partial charge in [0.05, 0.1) is 24.0 Å². The van der Waals surface area contributed by atoms with Crippen molar-refractivity contribution in [2.75, 3.05) is 25.0 Å². The lowest BCUT2D eigenvalue weighted by atomic mass is 10.1. The molecule has 1 amide bonds. The van der Waals surface area contributed by atoms with E-state index in [1.54, 1.807) is 12.1 Å². The Labute approximate surface area is 158 Å². The predicted molar refractivity (Wildman–Crippen MR) is 99.3 cm³/mol. The number of amides is 1. The van der Waals surface area contributed by atoms with E-state index in [0.29, 0.717) is 30.9 Å². The summed E-state index contributed by atoms with van der Waals surface area (Å²) in [5, 5.41) is 2.69. The van der Waals surface area contributed by atoms with Gasteiger partial charge in [-0.25, -0.2) is 12.8 Å². The highest BCUT2D eigenvalue weighted by atomic mass is 32.2. The van der Waals surface area contributed by atoms with Crippen molar-refractivity contribution in [1.29, 1.82) is 0 Å². The van der Waals surface area contributed by atoms with Crippen LogP contribution >= 0.6 is 0 Å². The third kappa shape index (κ3) is 4.91. The lowest BCUT2D eigenvalue weighted by Crippen LogP contribution is -2.44. The summed E-state index contributed by atoms with van der Waals surface area (Å²) in [6.45, 7) is 2.78. The predicted octanol–water partition coefficient (Wildman–Crippen LogP) is 2.42. The normalized spacial score (nSPS) is 18.2. The molecule has 0 bridgehead atoms. The Morgan fingerprint density at radius 3 is 2.70 bits per heavy atom. The molecule has 1 saturated heterocycles. The van der Waals surface area contributed by atoms with Crippen LogP contribution in [0.3, 0.4) is 0 Å². The Balaban J connectivity index is 1.71. The first kappa shape index (κ1) is 19.5. The van der Waals surface area contributed by atoms with E-state index in [1.807, 2.05) is 6.92 Å². The topological polar surface area (TPSA) is 75.7 Å². The summed E-state index contributed by atoms with van der Waals surface area (Å²) in [5.41, 5.74) is 1.06. The van der Waals surface area contributed by atoms with Gasteiger partial charge in [0.2, 0.25) is 15.9 Å². The van der Waals surface area contributed by atoms with Crippen molar-refractivity contribution in [3.63, 3.8) is 0 Å². The van der Waals surface area contributed by atoms with E-state index in [4.69, 9.17) is 4.74 Å². The van der Waals surface area contributed by atoms with Crippen LogP contribution in [-0.2, 0) is 26.0 Å². The molecule has 1 N–H and O–H groups in total. The zero-order chi connectivity index (χ0) is 19.4. The van der Waals surface area contributed by atoms with Crippen LogP contribution in [0.4, 0.5) is 10.1 Å². The standard InChI is InChI=1S/C19H21FN2O4S/c1-14-13-22(9-10-26-14)27(24,25)18-4-2-3-17(12-18)21-19(23)11-15-5-7-16(20)8-6-15/h2-8,12,14H,9-11,13H2,1H3,(H,21,23). The van der Waals surface area contributed by atoms with Gasteiger partial charge in [0.1, 0.15) is 5.82 Å². The van der Waals surface area contributed by atoms with Gasteiger partial charge in [-0.1, -0.05) is 18.2 Å². The van der Waals surface area contributed by atoms with Crippen molar-refractivity contribution < 1.29 is 22.3 Å². The first-order chi connectivity index (χ1) is 12.8. The number of halogens is 1. The number of benzene rings is 2. The summed E-state index contributed by atoms with van der Waals surface area (Å²) in [6, 6.07) is 11.8. The summed E-state index contributed by atoms with van der Waals surface area (Å²) in [6.07, 6.45) is -0.0924. The second-order valence-electron chi connectivity index (χ2n) is 6.42. The van der Waals surface area contributed by atoms with Gasteiger partial charge in [0, 0.05) is 18.8 Å². The van der Waals surface area contributed by atoms with Gasteiger partial charge in [0.25, 0.3) is 0 Å². The average Bonchev–Trinajstić information content (AvgIpc) is 2.64. The second kappa shape index (κ2) is 8.16. The molecule has 1 heterocycles. The number of nitrogens with zero attached hydrogens (tertiary/aromatic N) is 1. The number of anilines is 1. The van der Waals surface area contributed by atoms with Crippen LogP contribution in [0.2, 0.25) is 0 Å². The molecular formula is C19H21FN2O4S. The quantitative estimate of drug-likeness (QED) is 0.848. The second-order valence-corrected chi connectivity index (χ2v) is 8.36. The number of nitrogens with one attached hydrogen (secondary N) is 1. The number of carbonyl (C=O) groups is 1.